The summed E-state index contributed by atoms with van der Waals surface area (Å²) in [5, 5.41) is 16.8. The smallest absolute Gasteiger partial charge is 0.144 e. The van der Waals surface area contributed by atoms with Crippen molar-refractivity contribution in [2.45, 2.75) is 13.5 Å². The van der Waals surface area contributed by atoms with Crippen molar-refractivity contribution in [3.8, 4) is 0 Å². The van der Waals surface area contributed by atoms with E-state index in [2.05, 4.69) is 39.8 Å². The molecule has 0 aliphatic carbocycles. The van der Waals surface area contributed by atoms with Gasteiger partial charge in [0.25, 0.3) is 0 Å². The molecule has 0 fully saturated rings. The lowest BCUT2D eigenvalue weighted by atomic mass is 10.1. The summed E-state index contributed by atoms with van der Waals surface area (Å²) < 4.78 is 3.56. The zero-order valence-corrected chi connectivity index (χ0v) is 11.3. The molecular formula is C13H16N6. The van der Waals surface area contributed by atoms with Crippen LogP contribution in [0.25, 0.3) is 10.9 Å². The van der Waals surface area contributed by atoms with Crippen LogP contribution in [0.4, 0.5) is 5.82 Å². The summed E-state index contributed by atoms with van der Waals surface area (Å²) in [6.07, 6.45) is 3.75. The number of hydrogen-bond acceptors (Lipinski definition) is 4. The van der Waals surface area contributed by atoms with Crippen LogP contribution >= 0.6 is 0 Å². The molecule has 0 atom stereocenters. The van der Waals surface area contributed by atoms with E-state index in [0.717, 1.165) is 11.3 Å². The van der Waals surface area contributed by atoms with E-state index in [1.54, 1.807) is 10.9 Å². The Morgan fingerprint density at radius 1 is 1.26 bits per heavy atom. The molecule has 2 aromatic heterocycles. The SMILES string of the molecule is Cc1cc(CNc2cnnn2C)c2nn(C)cc2c1. The van der Waals surface area contributed by atoms with Crippen molar-refractivity contribution in [3.63, 3.8) is 0 Å². The van der Waals surface area contributed by atoms with Crippen LogP contribution in [0.15, 0.2) is 24.5 Å². The van der Waals surface area contributed by atoms with Crippen LogP contribution in [-0.4, -0.2) is 24.8 Å². The summed E-state index contributed by atoms with van der Waals surface area (Å²) in [6, 6.07) is 4.31. The molecule has 6 heteroatoms. The van der Waals surface area contributed by atoms with Crippen LogP contribution in [0, 0.1) is 6.92 Å². The maximum atomic E-state index is 4.52. The molecule has 0 spiro atoms. The van der Waals surface area contributed by atoms with Gasteiger partial charge in [0.05, 0.1) is 11.7 Å². The highest BCUT2D eigenvalue weighted by Gasteiger charge is 2.07. The van der Waals surface area contributed by atoms with Gasteiger partial charge in [-0.3, -0.25) is 4.68 Å². The number of nitrogens with zero attached hydrogens (tertiary/aromatic N) is 5. The standard InChI is InChI=1S/C13H16N6/c1-9-4-10(6-14-12-7-15-17-19(12)3)13-11(5-9)8-18(2)16-13/h4-5,7-8,14H,6H2,1-3H3. The third-order valence-electron chi connectivity index (χ3n) is 3.12. The molecule has 98 valence electrons. The highest BCUT2D eigenvalue weighted by atomic mass is 15.4. The van der Waals surface area contributed by atoms with Crippen molar-refractivity contribution in [3.05, 3.63) is 35.7 Å². The molecular weight excluding hydrogens is 240 g/mol. The average molecular weight is 256 g/mol. The van der Waals surface area contributed by atoms with Crippen LogP contribution < -0.4 is 5.32 Å². The monoisotopic (exact) mass is 256 g/mol. The third-order valence-corrected chi connectivity index (χ3v) is 3.12. The van der Waals surface area contributed by atoms with Crippen LogP contribution in [0.3, 0.4) is 0 Å². The van der Waals surface area contributed by atoms with Gasteiger partial charge < -0.3 is 5.32 Å². The van der Waals surface area contributed by atoms with Crippen LogP contribution in [-0.2, 0) is 20.6 Å². The molecule has 0 bridgehead atoms. The number of benzene rings is 1. The second kappa shape index (κ2) is 4.38. The lowest BCUT2D eigenvalue weighted by molar-refractivity contribution is 0.717. The third kappa shape index (κ3) is 2.16. The van der Waals surface area contributed by atoms with Crippen molar-refractivity contribution in [1.29, 1.82) is 0 Å². The van der Waals surface area contributed by atoms with E-state index in [1.807, 2.05) is 25.0 Å². The Balaban J connectivity index is 1.94. The number of aryl methyl sites for hydroxylation is 3. The summed E-state index contributed by atoms with van der Waals surface area (Å²) in [6.45, 7) is 2.80. The minimum absolute atomic E-state index is 0.705. The van der Waals surface area contributed by atoms with E-state index < -0.39 is 0 Å². The van der Waals surface area contributed by atoms with Gasteiger partial charge in [-0.1, -0.05) is 11.3 Å². The maximum Gasteiger partial charge on any atom is 0.144 e. The molecule has 0 aliphatic heterocycles. The van der Waals surface area contributed by atoms with E-state index in [9.17, 15) is 0 Å². The number of hydrogen-bond donors (Lipinski definition) is 1. The number of fused-ring (bicyclic) bond motifs is 1. The first-order valence-electron chi connectivity index (χ1n) is 6.15. The summed E-state index contributed by atoms with van der Waals surface area (Å²) in [5.41, 5.74) is 3.45. The maximum absolute atomic E-state index is 4.52. The number of nitrogens with one attached hydrogen (secondary N) is 1. The minimum atomic E-state index is 0.705. The highest BCUT2D eigenvalue weighted by molar-refractivity contribution is 5.82. The zero-order valence-electron chi connectivity index (χ0n) is 11.3. The second-order valence-corrected chi connectivity index (χ2v) is 4.76. The predicted octanol–water partition coefficient (Wildman–Crippen LogP) is 1.62. The van der Waals surface area contributed by atoms with Gasteiger partial charge in [-0.15, -0.1) is 5.10 Å². The van der Waals surface area contributed by atoms with E-state index >= 15 is 0 Å². The van der Waals surface area contributed by atoms with Gasteiger partial charge in [0.15, 0.2) is 0 Å². The van der Waals surface area contributed by atoms with Gasteiger partial charge in [0, 0.05) is 32.2 Å². The molecule has 0 saturated heterocycles. The molecule has 6 nitrogen and oxygen atoms in total. The Labute approximate surface area is 111 Å². The number of rotatable bonds is 3. The molecule has 3 rings (SSSR count). The summed E-state index contributed by atoms with van der Waals surface area (Å²) in [7, 11) is 3.81. The van der Waals surface area contributed by atoms with Crippen molar-refractivity contribution in [1.82, 2.24) is 24.8 Å². The first-order chi connectivity index (χ1) is 9.13. The van der Waals surface area contributed by atoms with Gasteiger partial charge in [-0.2, -0.15) is 5.10 Å². The van der Waals surface area contributed by atoms with Crippen LogP contribution in [0.2, 0.25) is 0 Å². The number of aromatic nitrogens is 5. The first-order valence-corrected chi connectivity index (χ1v) is 6.15. The molecule has 0 amide bonds. The van der Waals surface area contributed by atoms with Gasteiger partial charge in [0.1, 0.15) is 5.82 Å². The van der Waals surface area contributed by atoms with Crippen LogP contribution in [0.5, 0.6) is 0 Å². The Bertz CT molecular complexity index is 724. The number of anilines is 1. The topological polar surface area (TPSA) is 60.6 Å². The van der Waals surface area contributed by atoms with Crippen LogP contribution in [0.1, 0.15) is 11.1 Å². The molecule has 2 heterocycles. The molecule has 0 saturated carbocycles. The van der Waals surface area contributed by atoms with Gasteiger partial charge >= 0.3 is 0 Å². The molecule has 3 aromatic rings. The van der Waals surface area contributed by atoms with Gasteiger partial charge in [-0.25, -0.2) is 4.68 Å². The quantitative estimate of drug-likeness (QED) is 0.773. The molecule has 19 heavy (non-hydrogen) atoms. The van der Waals surface area contributed by atoms with Crippen molar-refractivity contribution < 1.29 is 0 Å². The Hall–Kier alpha value is -2.37. The first kappa shape index (κ1) is 11.7. The summed E-state index contributed by atoms with van der Waals surface area (Å²) in [5.74, 6) is 0.894. The van der Waals surface area contributed by atoms with Crippen molar-refractivity contribution in [2.24, 2.45) is 14.1 Å². The fourth-order valence-electron chi connectivity index (χ4n) is 2.26. The fraction of sp³-hybridized carbons (Fsp3) is 0.308. The fourth-order valence-corrected chi connectivity index (χ4v) is 2.26. The Morgan fingerprint density at radius 2 is 2.11 bits per heavy atom. The molecule has 1 N–H and O–H groups in total. The van der Waals surface area contributed by atoms with E-state index in [-0.39, 0.29) is 0 Å². The molecule has 0 unspecified atom stereocenters. The van der Waals surface area contributed by atoms with Gasteiger partial charge in [0.2, 0.25) is 0 Å². The van der Waals surface area contributed by atoms with E-state index in [4.69, 9.17) is 0 Å². The average Bonchev–Trinajstić information content (AvgIpc) is 2.91. The molecule has 0 radical (unpaired) electrons. The highest BCUT2D eigenvalue weighted by Crippen LogP contribution is 2.20. The van der Waals surface area contributed by atoms with Crippen molar-refractivity contribution in [2.75, 3.05) is 5.32 Å². The Kier molecular flexibility index (Phi) is 2.70. The normalized spacial score (nSPS) is 11.1. The van der Waals surface area contributed by atoms with E-state index in [1.165, 1.54) is 16.5 Å². The second-order valence-electron chi connectivity index (χ2n) is 4.76. The predicted molar refractivity (Wildman–Crippen MR) is 73.8 cm³/mol. The van der Waals surface area contributed by atoms with E-state index in [0.29, 0.717) is 6.54 Å². The Morgan fingerprint density at radius 3 is 2.84 bits per heavy atom. The summed E-state index contributed by atoms with van der Waals surface area (Å²) >= 11 is 0. The molecule has 1 aromatic carbocycles. The lowest BCUT2D eigenvalue weighted by Crippen LogP contribution is -2.05. The van der Waals surface area contributed by atoms with Crippen molar-refractivity contribution >= 4 is 16.7 Å². The molecule has 0 aliphatic rings. The largest absolute Gasteiger partial charge is 0.365 e. The minimum Gasteiger partial charge on any atom is -0.365 e. The summed E-state index contributed by atoms with van der Waals surface area (Å²) in [4.78, 5) is 0. The zero-order chi connectivity index (χ0) is 13.4. The van der Waals surface area contributed by atoms with Gasteiger partial charge in [-0.05, 0) is 24.1 Å². The lowest BCUT2D eigenvalue weighted by Gasteiger charge is -2.07.